The molecule has 3 aliphatic rings. The molecule has 2 unspecified atom stereocenters. The number of rotatable bonds is 7. The molecule has 2 atom stereocenters. The smallest absolute Gasteiger partial charge is 0.214 e. The summed E-state index contributed by atoms with van der Waals surface area (Å²) in [5.41, 5.74) is 3.11. The van der Waals surface area contributed by atoms with Crippen molar-refractivity contribution >= 4 is 0 Å². The zero-order chi connectivity index (χ0) is 24.5. The maximum Gasteiger partial charge on any atom is 0.214 e. The Morgan fingerprint density at radius 1 is 1.24 bits per heavy atom. The van der Waals surface area contributed by atoms with Crippen LogP contribution in [0.15, 0.2) is 58.9 Å². The average Bonchev–Trinajstić information content (AvgIpc) is 2.76. The second kappa shape index (κ2) is 9.70. The summed E-state index contributed by atoms with van der Waals surface area (Å²) < 4.78 is 19.5. The molecule has 0 aromatic heterocycles. The van der Waals surface area contributed by atoms with Crippen LogP contribution in [0, 0.1) is 30.0 Å². The van der Waals surface area contributed by atoms with E-state index in [-0.39, 0.29) is 17.7 Å². The van der Waals surface area contributed by atoms with Crippen molar-refractivity contribution in [2.45, 2.75) is 64.3 Å². The Balaban J connectivity index is 1.49. The highest BCUT2D eigenvalue weighted by Gasteiger charge is 2.49. The number of allylic oxidation sites excluding steroid dienone is 2. The van der Waals surface area contributed by atoms with E-state index in [4.69, 9.17) is 11.2 Å². The molecule has 0 amide bonds. The van der Waals surface area contributed by atoms with Gasteiger partial charge in [0.15, 0.2) is 0 Å². The van der Waals surface area contributed by atoms with Gasteiger partial charge in [0.25, 0.3) is 0 Å². The predicted molar refractivity (Wildman–Crippen MR) is 132 cm³/mol. The van der Waals surface area contributed by atoms with Gasteiger partial charge in [-0.2, -0.15) is 0 Å². The second-order valence-electron chi connectivity index (χ2n) is 10.5. The number of benzene rings is 1. The number of likely N-dealkylation sites (tertiary alicyclic amines) is 1. The van der Waals surface area contributed by atoms with Crippen molar-refractivity contribution in [3.8, 4) is 12.3 Å². The van der Waals surface area contributed by atoms with Gasteiger partial charge in [0.05, 0.1) is 12.1 Å². The molecule has 2 N–H and O–H groups in total. The molecule has 182 valence electrons. The molecule has 0 bridgehead atoms. The molecule has 5 heteroatoms. The van der Waals surface area contributed by atoms with E-state index in [9.17, 15) is 14.6 Å². The Hall–Kier alpha value is -2.39. The Bertz CT molecular complexity index is 1040. The third kappa shape index (κ3) is 5.15. The van der Waals surface area contributed by atoms with Crippen LogP contribution in [0.1, 0.15) is 52.0 Å². The number of aliphatic hydroxyl groups is 2. The van der Waals surface area contributed by atoms with Crippen LogP contribution in [0.3, 0.4) is 0 Å². The largest absolute Gasteiger partial charge is 0.487 e. The Kier molecular flexibility index (Phi) is 7.05. The molecule has 4 nitrogen and oxygen atoms in total. The molecular formula is C29H36FNO3. The second-order valence-corrected chi connectivity index (χ2v) is 10.5. The van der Waals surface area contributed by atoms with Crippen LogP contribution < -0.4 is 0 Å². The monoisotopic (exact) mass is 465 g/mol. The summed E-state index contributed by atoms with van der Waals surface area (Å²) in [6, 6.07) is 6.66. The van der Waals surface area contributed by atoms with Crippen LogP contribution in [0.4, 0.5) is 4.39 Å². The van der Waals surface area contributed by atoms with Crippen molar-refractivity contribution in [2.24, 2.45) is 11.8 Å². The zero-order valence-corrected chi connectivity index (χ0v) is 20.5. The number of aryl methyl sites for hydroxylation is 1. The number of fused-ring (bicyclic) bond motifs is 2. The molecule has 0 radical (unpaired) electrons. The summed E-state index contributed by atoms with van der Waals surface area (Å²) in [7, 11) is 0. The van der Waals surface area contributed by atoms with Crippen molar-refractivity contribution in [3.63, 3.8) is 0 Å². The molecule has 2 heterocycles. The van der Waals surface area contributed by atoms with Gasteiger partial charge < -0.3 is 14.9 Å². The fourth-order valence-corrected chi connectivity index (χ4v) is 5.66. The third-order valence-electron chi connectivity index (χ3n) is 7.51. The number of hydrogen-bond acceptors (Lipinski definition) is 4. The summed E-state index contributed by atoms with van der Waals surface area (Å²) >= 11 is 0. The van der Waals surface area contributed by atoms with Gasteiger partial charge in [-0.25, -0.2) is 4.39 Å². The molecule has 2 aliphatic heterocycles. The zero-order valence-electron chi connectivity index (χ0n) is 20.5. The number of hydrogen-bond donors (Lipinski definition) is 2. The number of piperidine rings is 1. The van der Waals surface area contributed by atoms with Crippen molar-refractivity contribution < 1.29 is 19.3 Å². The predicted octanol–water partition coefficient (Wildman–Crippen LogP) is 4.74. The van der Waals surface area contributed by atoms with E-state index in [1.807, 2.05) is 18.2 Å². The van der Waals surface area contributed by atoms with Crippen molar-refractivity contribution in [1.29, 1.82) is 0 Å². The highest BCUT2D eigenvalue weighted by Crippen LogP contribution is 2.49. The number of ether oxygens (including phenoxy) is 1. The summed E-state index contributed by atoms with van der Waals surface area (Å²) in [5.74, 6) is 1.27. The topological polar surface area (TPSA) is 52.9 Å². The number of halogens is 1. The van der Waals surface area contributed by atoms with Crippen LogP contribution in [-0.2, 0) is 11.2 Å². The van der Waals surface area contributed by atoms with E-state index in [1.165, 1.54) is 12.1 Å². The van der Waals surface area contributed by atoms with E-state index < -0.39 is 11.4 Å². The minimum absolute atomic E-state index is 0.117. The summed E-state index contributed by atoms with van der Waals surface area (Å²) in [6.07, 6.45) is 13.8. The Morgan fingerprint density at radius 3 is 2.68 bits per heavy atom. The lowest BCUT2D eigenvalue weighted by Gasteiger charge is -2.49. The maximum absolute atomic E-state index is 13.1. The molecule has 0 spiro atoms. The van der Waals surface area contributed by atoms with Gasteiger partial charge in [-0.15, -0.1) is 6.42 Å². The molecule has 1 saturated heterocycles. The van der Waals surface area contributed by atoms with Gasteiger partial charge >= 0.3 is 0 Å². The molecular weight excluding hydrogens is 429 g/mol. The summed E-state index contributed by atoms with van der Waals surface area (Å²) in [5, 5.41) is 22.3. The van der Waals surface area contributed by atoms with E-state index in [2.05, 4.69) is 31.6 Å². The van der Waals surface area contributed by atoms with Gasteiger partial charge in [-0.1, -0.05) is 31.4 Å². The number of terminal acetylenes is 1. The normalized spacial score (nSPS) is 24.2. The van der Waals surface area contributed by atoms with Crippen LogP contribution in [0.25, 0.3) is 0 Å². The fourth-order valence-electron chi connectivity index (χ4n) is 5.66. The molecule has 1 aromatic carbocycles. The van der Waals surface area contributed by atoms with Crippen LogP contribution >= 0.6 is 0 Å². The highest BCUT2D eigenvalue weighted by atomic mass is 19.1. The lowest BCUT2D eigenvalue weighted by Crippen LogP contribution is -2.51. The van der Waals surface area contributed by atoms with Gasteiger partial charge in [-0.3, -0.25) is 4.90 Å². The molecule has 34 heavy (non-hydrogen) atoms. The number of unbranched alkanes of at least 4 members (excludes halogenated alkanes) is 1. The molecule has 1 fully saturated rings. The minimum atomic E-state index is -2.06. The molecule has 1 aliphatic carbocycles. The first-order chi connectivity index (χ1) is 16.1. The third-order valence-corrected chi connectivity index (χ3v) is 7.51. The first-order valence-corrected chi connectivity index (χ1v) is 12.3. The number of nitrogens with zero attached hydrogens (tertiary/aromatic N) is 1. The van der Waals surface area contributed by atoms with E-state index in [0.717, 1.165) is 55.4 Å². The SMILES string of the molecule is C#CCN1CCC2C(=C3C(=CC(C(C)CCCCc4ccc(F)cc4)=CC3(O)O)OC2(C)C)C1. The lowest BCUT2D eigenvalue weighted by atomic mass is 9.71. The van der Waals surface area contributed by atoms with E-state index >= 15 is 0 Å². The van der Waals surface area contributed by atoms with Gasteiger partial charge in [-0.05, 0) is 86.4 Å². The van der Waals surface area contributed by atoms with E-state index in [1.54, 1.807) is 6.08 Å². The van der Waals surface area contributed by atoms with Gasteiger partial charge in [0.1, 0.15) is 17.2 Å². The summed E-state index contributed by atoms with van der Waals surface area (Å²) in [4.78, 5) is 2.18. The van der Waals surface area contributed by atoms with Gasteiger partial charge in [0, 0.05) is 19.0 Å². The quantitative estimate of drug-likeness (QED) is 0.347. The molecule has 0 saturated carbocycles. The molecule has 4 rings (SSSR count). The highest BCUT2D eigenvalue weighted by molar-refractivity contribution is 5.52. The Labute approximate surface area is 202 Å². The van der Waals surface area contributed by atoms with Crippen molar-refractivity contribution in [3.05, 3.63) is 70.3 Å². The van der Waals surface area contributed by atoms with Crippen LogP contribution in [0.2, 0.25) is 0 Å². The fraction of sp³-hybridized carbons (Fsp3) is 0.517. The van der Waals surface area contributed by atoms with Crippen molar-refractivity contribution in [2.75, 3.05) is 19.6 Å². The lowest BCUT2D eigenvalue weighted by molar-refractivity contribution is -0.108. The van der Waals surface area contributed by atoms with Crippen molar-refractivity contribution in [1.82, 2.24) is 4.90 Å². The maximum atomic E-state index is 13.1. The standard InChI is InChI=1S/C29H36FNO3/c1-5-15-31-16-14-25-24(19-31)27-26(34-28(25,3)4)17-22(18-29(27,32)33)20(2)8-6-7-9-21-10-12-23(30)13-11-21/h1,10-13,17-18,20,25,32-33H,6-9,14-16,19H2,2-4H3. The van der Waals surface area contributed by atoms with Crippen LogP contribution in [0.5, 0.6) is 0 Å². The van der Waals surface area contributed by atoms with E-state index in [0.29, 0.717) is 24.4 Å². The first kappa shape index (κ1) is 24.7. The van der Waals surface area contributed by atoms with Gasteiger partial charge in [0.2, 0.25) is 5.79 Å². The average molecular weight is 466 g/mol. The Morgan fingerprint density at radius 2 is 1.97 bits per heavy atom. The first-order valence-electron chi connectivity index (χ1n) is 12.3. The molecule has 1 aromatic rings. The van der Waals surface area contributed by atoms with Crippen LogP contribution in [-0.4, -0.2) is 46.1 Å². The summed E-state index contributed by atoms with van der Waals surface area (Å²) in [6.45, 7) is 8.32. The minimum Gasteiger partial charge on any atom is -0.487 e.